The minimum absolute atomic E-state index is 0.262. The fourth-order valence-corrected chi connectivity index (χ4v) is 1.47. The summed E-state index contributed by atoms with van der Waals surface area (Å²) in [7, 11) is 1.49. The minimum Gasteiger partial charge on any atom is -0.496 e. The number of nitrogens with one attached hydrogen (secondary N) is 1. The Kier molecular flexibility index (Phi) is 4.57. The third kappa shape index (κ3) is 3.64. The zero-order chi connectivity index (χ0) is 13.8. The Balaban J connectivity index is 2.85. The van der Waals surface area contributed by atoms with Crippen molar-refractivity contribution >= 4 is 17.5 Å². The largest absolute Gasteiger partial charge is 0.496 e. The first-order chi connectivity index (χ1) is 8.39. The van der Waals surface area contributed by atoms with Gasteiger partial charge in [-0.3, -0.25) is 4.79 Å². The van der Waals surface area contributed by atoms with Crippen LogP contribution in [0, 0.1) is 16.7 Å². The molecule has 1 N–H and O–H groups in total. The van der Waals surface area contributed by atoms with Gasteiger partial charge in [0, 0.05) is 11.6 Å². The van der Waals surface area contributed by atoms with Crippen LogP contribution in [0.2, 0.25) is 5.02 Å². The SMILES string of the molecule is COc1ccc(Cl)cc1C(=O)NCC(C)(C)C#N. The summed E-state index contributed by atoms with van der Waals surface area (Å²) in [6.45, 7) is 3.77. The van der Waals surface area contributed by atoms with Crippen LogP contribution in [-0.2, 0) is 0 Å². The number of carbonyl (C=O) groups is 1. The standard InChI is InChI=1S/C13H15ClN2O2/c1-13(2,7-15)8-16-12(17)10-6-9(14)4-5-11(10)18-3/h4-6H,8H2,1-3H3,(H,16,17). The second-order valence-electron chi connectivity index (χ2n) is 4.52. The number of rotatable bonds is 4. The molecule has 0 heterocycles. The van der Waals surface area contributed by atoms with E-state index >= 15 is 0 Å². The van der Waals surface area contributed by atoms with Gasteiger partial charge in [0.15, 0.2) is 0 Å². The molecule has 0 aromatic heterocycles. The molecule has 1 aromatic rings. The highest BCUT2D eigenvalue weighted by molar-refractivity contribution is 6.31. The smallest absolute Gasteiger partial charge is 0.255 e. The van der Waals surface area contributed by atoms with Crippen LogP contribution in [0.3, 0.4) is 0 Å². The van der Waals surface area contributed by atoms with E-state index < -0.39 is 5.41 Å². The number of methoxy groups -OCH3 is 1. The highest BCUT2D eigenvalue weighted by atomic mass is 35.5. The second kappa shape index (κ2) is 5.74. The zero-order valence-electron chi connectivity index (χ0n) is 10.6. The average molecular weight is 267 g/mol. The molecule has 0 fully saturated rings. The number of amides is 1. The molecule has 0 saturated heterocycles. The van der Waals surface area contributed by atoms with Crippen molar-refractivity contribution in [1.29, 1.82) is 5.26 Å². The molecule has 4 nitrogen and oxygen atoms in total. The molecule has 1 amide bonds. The molecule has 0 spiro atoms. The number of carbonyl (C=O) groups excluding carboxylic acids is 1. The van der Waals surface area contributed by atoms with Crippen LogP contribution in [0.25, 0.3) is 0 Å². The topological polar surface area (TPSA) is 62.1 Å². The molecule has 18 heavy (non-hydrogen) atoms. The van der Waals surface area contributed by atoms with Gasteiger partial charge in [0.25, 0.3) is 5.91 Å². The van der Waals surface area contributed by atoms with E-state index in [9.17, 15) is 4.79 Å². The Morgan fingerprint density at radius 2 is 2.22 bits per heavy atom. The molecule has 0 atom stereocenters. The van der Waals surface area contributed by atoms with Crippen LogP contribution >= 0.6 is 11.6 Å². The summed E-state index contributed by atoms with van der Waals surface area (Å²) in [4.78, 5) is 12.0. The van der Waals surface area contributed by atoms with Gasteiger partial charge in [-0.15, -0.1) is 0 Å². The Labute approximate surface area is 112 Å². The van der Waals surface area contributed by atoms with Gasteiger partial charge < -0.3 is 10.1 Å². The van der Waals surface area contributed by atoms with Crippen molar-refractivity contribution in [2.24, 2.45) is 5.41 Å². The first kappa shape index (κ1) is 14.3. The van der Waals surface area contributed by atoms with Gasteiger partial charge in [-0.2, -0.15) is 5.26 Å². The number of halogens is 1. The van der Waals surface area contributed by atoms with Crippen LogP contribution < -0.4 is 10.1 Å². The highest BCUT2D eigenvalue weighted by Gasteiger charge is 2.19. The van der Waals surface area contributed by atoms with Gasteiger partial charge >= 0.3 is 0 Å². The number of hydrogen-bond donors (Lipinski definition) is 1. The molecule has 0 aliphatic carbocycles. The maximum absolute atomic E-state index is 12.0. The number of hydrogen-bond acceptors (Lipinski definition) is 3. The van der Waals surface area contributed by atoms with E-state index in [0.717, 1.165) is 0 Å². The van der Waals surface area contributed by atoms with Crippen molar-refractivity contribution in [3.63, 3.8) is 0 Å². The van der Waals surface area contributed by atoms with Crippen LogP contribution in [0.1, 0.15) is 24.2 Å². The molecular weight excluding hydrogens is 252 g/mol. The molecule has 1 aromatic carbocycles. The van der Waals surface area contributed by atoms with Gasteiger partial charge in [0.1, 0.15) is 5.75 Å². The van der Waals surface area contributed by atoms with Crippen LogP contribution in [0.5, 0.6) is 5.75 Å². The van der Waals surface area contributed by atoms with Gasteiger partial charge in [-0.25, -0.2) is 0 Å². The van der Waals surface area contributed by atoms with Crippen molar-refractivity contribution in [2.45, 2.75) is 13.8 Å². The monoisotopic (exact) mass is 266 g/mol. The summed E-state index contributed by atoms with van der Waals surface area (Å²) in [6, 6.07) is 6.93. The summed E-state index contributed by atoms with van der Waals surface area (Å²) in [5, 5.41) is 12.0. The quantitative estimate of drug-likeness (QED) is 0.911. The van der Waals surface area contributed by atoms with E-state index in [2.05, 4.69) is 11.4 Å². The van der Waals surface area contributed by atoms with E-state index in [1.807, 2.05) is 0 Å². The predicted octanol–water partition coefficient (Wildman–Crippen LogP) is 2.63. The van der Waals surface area contributed by atoms with E-state index in [1.165, 1.54) is 13.2 Å². The summed E-state index contributed by atoms with van der Waals surface area (Å²) in [5.74, 6) is 0.143. The Bertz CT molecular complexity index is 492. The maximum atomic E-state index is 12.0. The van der Waals surface area contributed by atoms with Gasteiger partial charge in [-0.05, 0) is 32.0 Å². The van der Waals surface area contributed by atoms with E-state index in [4.69, 9.17) is 21.6 Å². The van der Waals surface area contributed by atoms with Gasteiger partial charge in [-0.1, -0.05) is 11.6 Å². The highest BCUT2D eigenvalue weighted by Crippen LogP contribution is 2.22. The lowest BCUT2D eigenvalue weighted by Crippen LogP contribution is -2.33. The Morgan fingerprint density at radius 1 is 1.56 bits per heavy atom. The first-order valence-electron chi connectivity index (χ1n) is 5.42. The third-order valence-corrected chi connectivity index (χ3v) is 2.63. The van der Waals surface area contributed by atoms with Crippen molar-refractivity contribution in [1.82, 2.24) is 5.32 Å². The minimum atomic E-state index is -0.610. The lowest BCUT2D eigenvalue weighted by molar-refractivity contribution is 0.0940. The Hall–Kier alpha value is -1.73. The van der Waals surface area contributed by atoms with Crippen molar-refractivity contribution in [3.05, 3.63) is 28.8 Å². The fraction of sp³-hybridized carbons (Fsp3) is 0.385. The summed E-state index contributed by atoms with van der Waals surface area (Å²) in [5.41, 5.74) is -0.250. The number of ether oxygens (including phenoxy) is 1. The lowest BCUT2D eigenvalue weighted by atomic mass is 9.96. The van der Waals surface area contributed by atoms with Gasteiger partial charge in [0.05, 0.1) is 24.2 Å². The fourth-order valence-electron chi connectivity index (χ4n) is 1.29. The average Bonchev–Trinajstić information content (AvgIpc) is 2.36. The second-order valence-corrected chi connectivity index (χ2v) is 4.96. The van der Waals surface area contributed by atoms with Crippen molar-refractivity contribution in [2.75, 3.05) is 13.7 Å². The molecular formula is C13H15ClN2O2. The maximum Gasteiger partial charge on any atom is 0.255 e. The molecule has 0 saturated carbocycles. The van der Waals surface area contributed by atoms with Crippen LogP contribution in [0.4, 0.5) is 0 Å². The molecule has 96 valence electrons. The van der Waals surface area contributed by atoms with Gasteiger partial charge in [0.2, 0.25) is 0 Å². The Morgan fingerprint density at radius 3 is 2.78 bits per heavy atom. The first-order valence-corrected chi connectivity index (χ1v) is 5.80. The van der Waals surface area contributed by atoms with E-state index in [0.29, 0.717) is 16.3 Å². The molecule has 0 aliphatic heterocycles. The van der Waals surface area contributed by atoms with Crippen molar-refractivity contribution < 1.29 is 9.53 Å². The normalized spacial score (nSPS) is 10.6. The zero-order valence-corrected chi connectivity index (χ0v) is 11.3. The van der Waals surface area contributed by atoms with Crippen molar-refractivity contribution in [3.8, 4) is 11.8 Å². The molecule has 1 rings (SSSR count). The number of nitriles is 1. The van der Waals surface area contributed by atoms with E-state index in [1.54, 1.807) is 26.0 Å². The third-order valence-electron chi connectivity index (χ3n) is 2.40. The molecule has 0 bridgehead atoms. The molecule has 5 heteroatoms. The number of benzene rings is 1. The van der Waals surface area contributed by atoms with Crippen LogP contribution in [-0.4, -0.2) is 19.6 Å². The molecule has 0 radical (unpaired) electrons. The lowest BCUT2D eigenvalue weighted by Gasteiger charge is -2.16. The summed E-state index contributed by atoms with van der Waals surface area (Å²) >= 11 is 5.85. The summed E-state index contributed by atoms with van der Waals surface area (Å²) < 4.78 is 5.10. The predicted molar refractivity (Wildman–Crippen MR) is 69.7 cm³/mol. The van der Waals surface area contributed by atoms with E-state index in [-0.39, 0.29) is 12.5 Å². The number of nitrogens with zero attached hydrogens (tertiary/aromatic N) is 1. The summed E-state index contributed by atoms with van der Waals surface area (Å²) in [6.07, 6.45) is 0. The molecule has 0 unspecified atom stereocenters. The van der Waals surface area contributed by atoms with Crippen LogP contribution in [0.15, 0.2) is 18.2 Å². The molecule has 0 aliphatic rings.